The average Bonchev–Trinajstić information content (AvgIpc) is 3.39. The number of piperidine rings is 3. The van der Waals surface area contributed by atoms with E-state index < -0.39 is 23.7 Å². The largest absolute Gasteiger partial charge is 0.452 e. The number of benzene rings is 2. The Morgan fingerprint density at radius 3 is 2.54 bits per heavy atom. The van der Waals surface area contributed by atoms with Crippen molar-refractivity contribution in [1.82, 2.24) is 0 Å². The Balaban J connectivity index is 1.31. The number of hydrogen-bond donors (Lipinski definition) is 0. The van der Waals surface area contributed by atoms with Crippen molar-refractivity contribution in [3.63, 3.8) is 0 Å². The standard InChI is InChI=1S/C28H28F2NO3S/c29-22-6-3-5-20(15-22)28(23-7-1-2-8-24(23)30)34-27(33)16-21-17-31(12-10-19(21)11-13-31)18-25(32)26-9-4-14-35-26/h1-9,14-15,19,21,28H,10-13,16-18H2/q+1/t19?,21-,28?,31?/m0/s1. The smallest absolute Gasteiger partial charge is 0.307 e. The average molecular weight is 497 g/mol. The van der Waals surface area contributed by atoms with Gasteiger partial charge in [0.15, 0.2) is 6.10 Å². The number of ether oxygens (including phenoxy) is 1. The number of thiophene rings is 1. The molecule has 0 radical (unpaired) electrons. The van der Waals surface area contributed by atoms with Crippen molar-refractivity contribution in [2.45, 2.75) is 25.4 Å². The van der Waals surface area contributed by atoms with Crippen LogP contribution >= 0.6 is 11.3 Å². The number of carbonyl (C=O) groups is 2. The first kappa shape index (κ1) is 23.8. The predicted octanol–water partition coefficient (Wildman–Crippen LogP) is 5.79. The lowest BCUT2D eigenvalue weighted by Gasteiger charge is -2.52. The molecule has 7 heteroatoms. The van der Waals surface area contributed by atoms with Crippen molar-refractivity contribution in [3.8, 4) is 0 Å². The number of carbonyl (C=O) groups excluding carboxylic acids is 2. The zero-order valence-electron chi connectivity index (χ0n) is 19.4. The Morgan fingerprint density at radius 1 is 1.03 bits per heavy atom. The molecule has 3 aliphatic rings. The van der Waals surface area contributed by atoms with Crippen molar-refractivity contribution >= 4 is 23.1 Å². The second-order valence-electron chi connectivity index (χ2n) is 9.78. The third-order valence-electron chi connectivity index (χ3n) is 7.53. The van der Waals surface area contributed by atoms with Gasteiger partial charge in [0.2, 0.25) is 5.78 Å². The van der Waals surface area contributed by atoms with Crippen molar-refractivity contribution in [2.75, 3.05) is 26.2 Å². The normalized spacial score (nSPS) is 24.2. The van der Waals surface area contributed by atoms with Crippen LogP contribution in [0.2, 0.25) is 0 Å². The van der Waals surface area contributed by atoms with Crippen LogP contribution in [0.25, 0.3) is 0 Å². The van der Waals surface area contributed by atoms with Gasteiger partial charge in [0.05, 0.1) is 30.9 Å². The number of rotatable bonds is 8. The van der Waals surface area contributed by atoms with Gasteiger partial charge in [-0.2, -0.15) is 0 Å². The van der Waals surface area contributed by atoms with Gasteiger partial charge in [-0.15, -0.1) is 11.3 Å². The Morgan fingerprint density at radius 2 is 1.83 bits per heavy atom. The molecule has 1 unspecified atom stereocenters. The van der Waals surface area contributed by atoms with Crippen molar-refractivity contribution in [1.29, 1.82) is 0 Å². The lowest BCUT2D eigenvalue weighted by Crippen LogP contribution is -2.63. The molecule has 35 heavy (non-hydrogen) atoms. The molecule has 0 aliphatic carbocycles. The van der Waals surface area contributed by atoms with Gasteiger partial charge >= 0.3 is 5.97 Å². The van der Waals surface area contributed by atoms with Crippen LogP contribution in [0.5, 0.6) is 0 Å². The van der Waals surface area contributed by atoms with E-state index in [1.165, 1.54) is 35.6 Å². The summed E-state index contributed by atoms with van der Waals surface area (Å²) < 4.78 is 35.1. The molecule has 0 N–H and O–H groups in total. The SMILES string of the molecule is O=C(C[C@H]1C[N+]2(CC(=O)c3cccs3)CCC1CC2)OC(c1cccc(F)c1)c1ccccc1F. The monoisotopic (exact) mass is 496 g/mol. The first-order valence-electron chi connectivity index (χ1n) is 12.0. The summed E-state index contributed by atoms with van der Waals surface area (Å²) in [7, 11) is 0. The van der Waals surface area contributed by atoms with Crippen molar-refractivity contribution in [3.05, 3.63) is 93.7 Å². The van der Waals surface area contributed by atoms with Crippen LogP contribution in [-0.4, -0.2) is 42.4 Å². The van der Waals surface area contributed by atoms with Crippen LogP contribution < -0.4 is 0 Å². The topological polar surface area (TPSA) is 43.4 Å². The summed E-state index contributed by atoms with van der Waals surface area (Å²) in [5.41, 5.74) is 0.591. The van der Waals surface area contributed by atoms with Crippen LogP contribution in [0.4, 0.5) is 8.78 Å². The number of hydrogen-bond acceptors (Lipinski definition) is 4. The number of fused-ring (bicyclic) bond motifs is 3. The van der Waals surface area contributed by atoms with Crippen LogP contribution in [0.3, 0.4) is 0 Å². The van der Waals surface area contributed by atoms with E-state index >= 15 is 0 Å². The van der Waals surface area contributed by atoms with Gasteiger partial charge in [0, 0.05) is 29.9 Å². The lowest BCUT2D eigenvalue weighted by atomic mass is 9.75. The summed E-state index contributed by atoms with van der Waals surface area (Å²) in [4.78, 5) is 26.8. The molecule has 3 saturated heterocycles. The van der Waals surface area contributed by atoms with Crippen molar-refractivity contribution in [2.24, 2.45) is 11.8 Å². The summed E-state index contributed by atoms with van der Waals surface area (Å²) in [5.74, 6) is -0.722. The number of ketones is 1. The van der Waals surface area contributed by atoms with Gasteiger partial charge in [-0.3, -0.25) is 9.59 Å². The number of quaternary nitrogens is 1. The summed E-state index contributed by atoms with van der Waals surface area (Å²) in [6.45, 7) is 3.13. The molecule has 4 heterocycles. The summed E-state index contributed by atoms with van der Waals surface area (Å²) >= 11 is 1.47. The molecule has 0 spiro atoms. The Bertz CT molecular complexity index is 1200. The van der Waals surface area contributed by atoms with E-state index in [1.54, 1.807) is 24.3 Å². The van der Waals surface area contributed by atoms with E-state index in [9.17, 15) is 18.4 Å². The molecule has 2 atom stereocenters. The summed E-state index contributed by atoms with van der Waals surface area (Å²) in [6, 6.07) is 15.6. The first-order chi connectivity index (χ1) is 16.9. The number of halogens is 2. The van der Waals surface area contributed by atoms with Gasteiger partial charge in [-0.05, 0) is 35.6 Å². The maximum atomic E-state index is 14.6. The molecule has 6 rings (SSSR count). The molecule has 182 valence electrons. The Labute approximate surface area is 207 Å². The highest BCUT2D eigenvalue weighted by Crippen LogP contribution is 2.40. The maximum absolute atomic E-state index is 14.6. The molecule has 4 nitrogen and oxygen atoms in total. The van der Waals surface area contributed by atoms with E-state index in [-0.39, 0.29) is 23.7 Å². The van der Waals surface area contributed by atoms with Gasteiger partial charge < -0.3 is 9.22 Å². The molecule has 1 aromatic heterocycles. The number of Topliss-reactive ketones (excluding diaryl/α,β-unsaturated/α-hetero) is 1. The van der Waals surface area contributed by atoms with E-state index in [4.69, 9.17) is 4.74 Å². The minimum atomic E-state index is -1.02. The lowest BCUT2D eigenvalue weighted by molar-refractivity contribution is -0.939. The second kappa shape index (κ2) is 9.99. The van der Waals surface area contributed by atoms with Crippen LogP contribution in [0, 0.1) is 23.5 Å². The molecule has 3 aromatic rings. The summed E-state index contributed by atoms with van der Waals surface area (Å²) in [5, 5.41) is 1.92. The van der Waals surface area contributed by atoms with E-state index in [0.29, 0.717) is 22.5 Å². The minimum Gasteiger partial charge on any atom is -0.452 e. The number of esters is 1. The minimum absolute atomic E-state index is 0.106. The van der Waals surface area contributed by atoms with Gasteiger partial charge in [-0.25, -0.2) is 8.78 Å². The van der Waals surface area contributed by atoms with Crippen molar-refractivity contribution < 1.29 is 27.6 Å². The molecule has 2 bridgehead atoms. The molecule has 0 amide bonds. The highest BCUT2D eigenvalue weighted by Gasteiger charge is 2.47. The fourth-order valence-electron chi connectivity index (χ4n) is 5.77. The third-order valence-corrected chi connectivity index (χ3v) is 8.44. The summed E-state index contributed by atoms with van der Waals surface area (Å²) in [6.07, 6.45) is 1.15. The van der Waals surface area contributed by atoms with E-state index in [1.807, 2.05) is 17.5 Å². The number of nitrogens with zero attached hydrogens (tertiary/aromatic N) is 1. The molecule has 2 aromatic carbocycles. The van der Waals surface area contributed by atoms with E-state index in [2.05, 4.69) is 0 Å². The molecular formula is C28H28F2NO3S+. The Kier molecular flexibility index (Phi) is 6.80. The zero-order chi connectivity index (χ0) is 24.4. The van der Waals surface area contributed by atoms with Crippen LogP contribution in [-0.2, 0) is 9.53 Å². The van der Waals surface area contributed by atoms with Gasteiger partial charge in [0.1, 0.15) is 18.2 Å². The fourth-order valence-corrected chi connectivity index (χ4v) is 6.43. The maximum Gasteiger partial charge on any atom is 0.307 e. The predicted molar refractivity (Wildman–Crippen MR) is 130 cm³/mol. The molecule has 3 fully saturated rings. The molecular weight excluding hydrogens is 468 g/mol. The Hall–Kier alpha value is -2.90. The molecule has 3 aliphatic heterocycles. The third kappa shape index (κ3) is 5.21. The molecule has 0 saturated carbocycles. The fraction of sp³-hybridized carbons (Fsp3) is 0.357. The highest BCUT2D eigenvalue weighted by atomic mass is 32.1. The van der Waals surface area contributed by atoms with Crippen LogP contribution in [0.1, 0.15) is 46.2 Å². The highest BCUT2D eigenvalue weighted by molar-refractivity contribution is 7.12. The van der Waals surface area contributed by atoms with E-state index in [0.717, 1.165) is 37.4 Å². The van der Waals surface area contributed by atoms with Crippen LogP contribution in [0.15, 0.2) is 66.0 Å². The quantitative estimate of drug-likeness (QED) is 0.225. The van der Waals surface area contributed by atoms with Gasteiger partial charge in [-0.1, -0.05) is 36.4 Å². The second-order valence-corrected chi connectivity index (χ2v) is 10.7. The first-order valence-corrected chi connectivity index (χ1v) is 12.9. The van der Waals surface area contributed by atoms with Gasteiger partial charge in [0.25, 0.3) is 0 Å². The zero-order valence-corrected chi connectivity index (χ0v) is 20.2.